The van der Waals surface area contributed by atoms with Crippen molar-refractivity contribution in [2.45, 2.75) is 13.3 Å². The van der Waals surface area contributed by atoms with E-state index in [2.05, 4.69) is 0 Å². The van der Waals surface area contributed by atoms with Gasteiger partial charge in [0.15, 0.2) is 0 Å². The van der Waals surface area contributed by atoms with E-state index in [4.69, 9.17) is 5.11 Å². The number of carbonyl (C=O) groups excluding carboxylic acids is 1. The molecule has 1 amide bonds. The Morgan fingerprint density at radius 2 is 2.05 bits per heavy atom. The standard InChI is InChI=1S/C12H13IN2O5/c1-7-9(5-8(15(19)20)6-10(7)13)12(18)14(2)4-3-11(16)17/h5-6H,3-4H2,1-2H3,(H,16,17). The van der Waals surface area contributed by atoms with Gasteiger partial charge in [-0.2, -0.15) is 0 Å². The van der Waals surface area contributed by atoms with Crippen molar-refractivity contribution >= 4 is 40.2 Å². The van der Waals surface area contributed by atoms with Crippen LogP contribution in [0.5, 0.6) is 0 Å². The Hall–Kier alpha value is -1.71. The molecule has 108 valence electrons. The highest BCUT2D eigenvalue weighted by Crippen LogP contribution is 2.24. The zero-order chi connectivity index (χ0) is 15.4. The second-order valence-corrected chi connectivity index (χ2v) is 5.39. The van der Waals surface area contributed by atoms with E-state index in [0.717, 1.165) is 0 Å². The minimum absolute atomic E-state index is 0.0485. The molecule has 0 aliphatic heterocycles. The summed E-state index contributed by atoms with van der Waals surface area (Å²) in [7, 11) is 1.47. The van der Waals surface area contributed by atoms with E-state index in [1.54, 1.807) is 6.92 Å². The second-order valence-electron chi connectivity index (χ2n) is 4.23. The van der Waals surface area contributed by atoms with E-state index >= 15 is 0 Å². The number of benzene rings is 1. The number of hydrogen-bond donors (Lipinski definition) is 1. The fourth-order valence-electron chi connectivity index (χ4n) is 1.56. The Balaban J connectivity index is 3.08. The van der Waals surface area contributed by atoms with Crippen LogP contribution in [0.2, 0.25) is 0 Å². The van der Waals surface area contributed by atoms with Crippen molar-refractivity contribution in [1.29, 1.82) is 0 Å². The summed E-state index contributed by atoms with van der Waals surface area (Å²) in [5.41, 5.74) is 0.704. The predicted molar refractivity (Wildman–Crippen MR) is 79.8 cm³/mol. The van der Waals surface area contributed by atoms with Gasteiger partial charge in [-0.3, -0.25) is 19.7 Å². The van der Waals surface area contributed by atoms with Gasteiger partial charge in [0, 0.05) is 29.3 Å². The third-order valence-electron chi connectivity index (χ3n) is 2.78. The van der Waals surface area contributed by atoms with Crippen molar-refractivity contribution in [3.05, 3.63) is 36.9 Å². The van der Waals surface area contributed by atoms with Crippen LogP contribution in [0.25, 0.3) is 0 Å². The van der Waals surface area contributed by atoms with Crippen LogP contribution in [-0.4, -0.2) is 40.4 Å². The zero-order valence-electron chi connectivity index (χ0n) is 10.9. The molecule has 0 saturated heterocycles. The van der Waals surface area contributed by atoms with E-state index in [0.29, 0.717) is 9.13 Å². The van der Waals surface area contributed by atoms with E-state index in [-0.39, 0.29) is 24.2 Å². The molecule has 1 rings (SSSR count). The van der Waals surface area contributed by atoms with E-state index in [9.17, 15) is 19.7 Å². The average Bonchev–Trinajstić information content (AvgIpc) is 2.37. The molecule has 0 radical (unpaired) electrons. The molecule has 0 aliphatic carbocycles. The van der Waals surface area contributed by atoms with Gasteiger partial charge in [0.05, 0.1) is 16.9 Å². The summed E-state index contributed by atoms with van der Waals surface area (Å²) < 4.78 is 0.617. The number of aliphatic carboxylic acids is 1. The number of non-ortho nitro benzene ring substituents is 1. The fourth-order valence-corrected chi connectivity index (χ4v) is 2.17. The zero-order valence-corrected chi connectivity index (χ0v) is 13.1. The summed E-state index contributed by atoms with van der Waals surface area (Å²) in [6, 6.07) is 2.61. The highest BCUT2D eigenvalue weighted by atomic mass is 127. The number of rotatable bonds is 5. The van der Waals surface area contributed by atoms with Crippen molar-refractivity contribution in [3.8, 4) is 0 Å². The molecule has 1 aromatic carbocycles. The Kier molecular flexibility index (Phi) is 5.43. The number of carbonyl (C=O) groups is 2. The average molecular weight is 392 g/mol. The predicted octanol–water partition coefficient (Wildman–Crippen LogP) is 2.05. The Bertz CT molecular complexity index is 573. The molecule has 0 aliphatic rings. The van der Waals surface area contributed by atoms with Gasteiger partial charge in [0.25, 0.3) is 11.6 Å². The van der Waals surface area contributed by atoms with Crippen LogP contribution in [0.4, 0.5) is 5.69 Å². The summed E-state index contributed by atoms with van der Waals surface area (Å²) in [5.74, 6) is -1.43. The van der Waals surface area contributed by atoms with Crippen molar-refractivity contribution in [3.63, 3.8) is 0 Å². The number of nitro groups is 1. The maximum absolute atomic E-state index is 12.2. The van der Waals surface area contributed by atoms with Crippen LogP contribution < -0.4 is 0 Å². The fraction of sp³-hybridized carbons (Fsp3) is 0.333. The largest absolute Gasteiger partial charge is 0.481 e. The highest BCUT2D eigenvalue weighted by Gasteiger charge is 2.20. The van der Waals surface area contributed by atoms with Crippen molar-refractivity contribution < 1.29 is 19.6 Å². The summed E-state index contributed by atoms with van der Waals surface area (Å²) in [4.78, 5) is 34.2. The topological polar surface area (TPSA) is 101 Å². The second kappa shape index (κ2) is 6.64. The van der Waals surface area contributed by atoms with Crippen LogP contribution in [-0.2, 0) is 4.79 Å². The molecule has 0 saturated carbocycles. The number of halogens is 1. The van der Waals surface area contributed by atoms with Crippen LogP contribution >= 0.6 is 22.6 Å². The minimum atomic E-state index is -1.00. The van der Waals surface area contributed by atoms with E-state index in [1.807, 2.05) is 22.6 Å². The lowest BCUT2D eigenvalue weighted by Crippen LogP contribution is -2.29. The first-order chi connectivity index (χ1) is 9.23. The maximum Gasteiger partial charge on any atom is 0.305 e. The monoisotopic (exact) mass is 392 g/mol. The number of nitrogens with zero attached hydrogens (tertiary/aromatic N) is 2. The summed E-state index contributed by atoms with van der Waals surface area (Å²) in [6.45, 7) is 1.75. The lowest BCUT2D eigenvalue weighted by molar-refractivity contribution is -0.385. The number of nitro benzene ring substituents is 1. The van der Waals surface area contributed by atoms with E-state index in [1.165, 1.54) is 24.1 Å². The third-order valence-corrected chi connectivity index (χ3v) is 3.90. The molecule has 7 nitrogen and oxygen atoms in total. The first-order valence-corrected chi connectivity index (χ1v) is 6.73. The van der Waals surface area contributed by atoms with Crippen molar-refractivity contribution in [1.82, 2.24) is 4.90 Å². The first kappa shape index (κ1) is 16.3. The Labute approximate surface area is 128 Å². The quantitative estimate of drug-likeness (QED) is 0.470. The molecule has 0 heterocycles. The van der Waals surface area contributed by atoms with Crippen molar-refractivity contribution in [2.75, 3.05) is 13.6 Å². The lowest BCUT2D eigenvalue weighted by Gasteiger charge is -2.17. The SMILES string of the molecule is Cc1c(I)cc([N+](=O)[O-])cc1C(=O)N(C)CCC(=O)O. The molecule has 0 atom stereocenters. The number of amides is 1. The van der Waals surface area contributed by atoms with Crippen molar-refractivity contribution in [2.24, 2.45) is 0 Å². The highest BCUT2D eigenvalue weighted by molar-refractivity contribution is 14.1. The smallest absolute Gasteiger partial charge is 0.305 e. The molecule has 8 heteroatoms. The molecule has 0 fully saturated rings. The van der Waals surface area contributed by atoms with Gasteiger partial charge in [0.2, 0.25) is 0 Å². The summed E-state index contributed by atoms with van der Waals surface area (Å²) >= 11 is 1.93. The first-order valence-electron chi connectivity index (χ1n) is 5.65. The molecular weight excluding hydrogens is 379 g/mol. The number of carboxylic acids is 1. The van der Waals surface area contributed by atoms with Gasteiger partial charge in [-0.25, -0.2) is 0 Å². The number of hydrogen-bond acceptors (Lipinski definition) is 4. The van der Waals surface area contributed by atoms with Gasteiger partial charge in [-0.1, -0.05) is 0 Å². The Morgan fingerprint density at radius 3 is 2.55 bits per heavy atom. The minimum Gasteiger partial charge on any atom is -0.481 e. The molecule has 20 heavy (non-hydrogen) atoms. The van der Waals surface area contributed by atoms with Gasteiger partial charge in [-0.05, 0) is 35.1 Å². The molecule has 0 aromatic heterocycles. The molecular formula is C12H13IN2O5. The van der Waals surface area contributed by atoms with Crippen LogP contribution in [0.1, 0.15) is 22.3 Å². The summed E-state index contributed by atoms with van der Waals surface area (Å²) in [5, 5.41) is 19.4. The van der Waals surface area contributed by atoms with Gasteiger partial charge in [-0.15, -0.1) is 0 Å². The van der Waals surface area contributed by atoms with Gasteiger partial charge in [0.1, 0.15) is 0 Å². The lowest BCUT2D eigenvalue weighted by atomic mass is 10.1. The van der Waals surface area contributed by atoms with Crippen LogP contribution in [0, 0.1) is 20.6 Å². The Morgan fingerprint density at radius 1 is 1.45 bits per heavy atom. The molecule has 1 aromatic rings. The normalized spacial score (nSPS) is 10.2. The molecule has 0 spiro atoms. The molecule has 0 unspecified atom stereocenters. The van der Waals surface area contributed by atoms with E-state index < -0.39 is 16.8 Å². The van der Waals surface area contributed by atoms with Crippen LogP contribution in [0.15, 0.2) is 12.1 Å². The number of carboxylic acid groups (broad SMARTS) is 1. The van der Waals surface area contributed by atoms with Crippen LogP contribution in [0.3, 0.4) is 0 Å². The maximum atomic E-state index is 12.2. The molecule has 0 bridgehead atoms. The van der Waals surface area contributed by atoms with Gasteiger partial charge < -0.3 is 10.0 Å². The summed E-state index contributed by atoms with van der Waals surface area (Å²) in [6.07, 6.45) is -0.173. The molecule has 1 N–H and O–H groups in total. The van der Waals surface area contributed by atoms with Gasteiger partial charge >= 0.3 is 5.97 Å². The third kappa shape index (κ3) is 3.89.